The first-order valence-corrected chi connectivity index (χ1v) is 8.14. The van der Waals surface area contributed by atoms with Gasteiger partial charge in [0.2, 0.25) is 0 Å². The van der Waals surface area contributed by atoms with Crippen molar-refractivity contribution < 1.29 is 14.3 Å². The van der Waals surface area contributed by atoms with Gasteiger partial charge >= 0.3 is 6.03 Å². The summed E-state index contributed by atoms with van der Waals surface area (Å²) >= 11 is 1.56. The molecule has 3 amide bonds. The quantitative estimate of drug-likeness (QED) is 0.868. The maximum atomic E-state index is 12.9. The van der Waals surface area contributed by atoms with Gasteiger partial charge in [-0.3, -0.25) is 4.79 Å². The van der Waals surface area contributed by atoms with Gasteiger partial charge in [-0.1, -0.05) is 0 Å². The van der Waals surface area contributed by atoms with Crippen LogP contribution in [0.1, 0.15) is 23.4 Å². The number of urea groups is 1. The predicted octanol–water partition coefficient (Wildman–Crippen LogP) is 1.54. The van der Waals surface area contributed by atoms with Crippen LogP contribution in [0.4, 0.5) is 4.79 Å². The highest BCUT2D eigenvalue weighted by molar-refractivity contribution is 7.10. The maximum Gasteiger partial charge on any atom is 0.319 e. The van der Waals surface area contributed by atoms with Gasteiger partial charge in [0.25, 0.3) is 5.91 Å². The first kappa shape index (κ1) is 15.1. The summed E-state index contributed by atoms with van der Waals surface area (Å²) in [6.07, 6.45) is 0. The fourth-order valence-corrected chi connectivity index (χ4v) is 3.69. The second-order valence-corrected chi connectivity index (χ2v) is 6.44. The molecular formula is C15H19N3O3S. The molecule has 1 atom stereocenters. The van der Waals surface area contributed by atoms with E-state index >= 15 is 0 Å². The van der Waals surface area contributed by atoms with Gasteiger partial charge in [-0.2, -0.15) is 0 Å². The number of ether oxygens (including phenoxy) is 1. The molecule has 0 bridgehead atoms. The molecule has 2 aliphatic heterocycles. The molecule has 6 nitrogen and oxygen atoms in total. The van der Waals surface area contributed by atoms with Crippen molar-refractivity contribution in [1.82, 2.24) is 15.5 Å². The summed E-state index contributed by atoms with van der Waals surface area (Å²) in [5.74, 6) is -0.0376. The Hall–Kier alpha value is -1.86. The number of carbonyl (C=O) groups excluding carboxylic acids is 2. The van der Waals surface area contributed by atoms with Crippen molar-refractivity contribution in [2.75, 3.05) is 26.3 Å². The largest absolute Gasteiger partial charge is 0.378 e. The molecule has 1 fully saturated rings. The van der Waals surface area contributed by atoms with Crippen molar-refractivity contribution in [3.63, 3.8) is 0 Å². The van der Waals surface area contributed by atoms with Crippen LogP contribution in [0.5, 0.6) is 0 Å². The lowest BCUT2D eigenvalue weighted by atomic mass is 9.99. The number of aryl methyl sites for hydroxylation is 1. The van der Waals surface area contributed by atoms with E-state index in [-0.39, 0.29) is 18.0 Å². The number of thiophene rings is 1. The van der Waals surface area contributed by atoms with E-state index < -0.39 is 0 Å². The lowest BCUT2D eigenvalue weighted by molar-refractivity contribution is -0.131. The van der Waals surface area contributed by atoms with Crippen molar-refractivity contribution in [3.05, 3.63) is 33.2 Å². The van der Waals surface area contributed by atoms with E-state index in [9.17, 15) is 9.59 Å². The average molecular weight is 321 g/mol. The lowest BCUT2D eigenvalue weighted by Gasteiger charge is -2.33. The molecular weight excluding hydrogens is 302 g/mol. The van der Waals surface area contributed by atoms with E-state index in [0.29, 0.717) is 37.6 Å². The summed E-state index contributed by atoms with van der Waals surface area (Å²) in [6, 6.07) is 1.36. The highest BCUT2D eigenvalue weighted by Gasteiger charge is 2.34. The number of carbonyl (C=O) groups is 2. The first-order chi connectivity index (χ1) is 10.6. The molecule has 0 aliphatic carbocycles. The van der Waals surface area contributed by atoms with Gasteiger partial charge in [0.05, 0.1) is 24.8 Å². The smallest absolute Gasteiger partial charge is 0.319 e. The summed E-state index contributed by atoms with van der Waals surface area (Å²) in [5.41, 5.74) is 2.36. The Labute approximate surface area is 133 Å². The second-order valence-electron chi connectivity index (χ2n) is 5.50. The van der Waals surface area contributed by atoms with Crippen LogP contribution in [0.25, 0.3) is 0 Å². The number of hydrogen-bond acceptors (Lipinski definition) is 4. The predicted molar refractivity (Wildman–Crippen MR) is 83.6 cm³/mol. The molecule has 3 rings (SSSR count). The Bertz CT molecular complexity index is 632. The summed E-state index contributed by atoms with van der Waals surface area (Å²) in [4.78, 5) is 27.5. The highest BCUT2D eigenvalue weighted by atomic mass is 32.1. The van der Waals surface area contributed by atoms with Gasteiger partial charge in [0, 0.05) is 23.7 Å². The Balaban J connectivity index is 1.94. The van der Waals surface area contributed by atoms with Gasteiger partial charge in [0.1, 0.15) is 0 Å². The Kier molecular flexibility index (Phi) is 4.17. The zero-order chi connectivity index (χ0) is 15.7. The van der Waals surface area contributed by atoms with E-state index in [1.807, 2.05) is 18.4 Å². The number of amides is 3. The SMILES string of the molecule is CC1=C(C(=O)N2CCOCC2)[C@H](c2cc(C)cs2)NC(=O)N1. The van der Waals surface area contributed by atoms with Crippen LogP contribution in [-0.2, 0) is 9.53 Å². The number of rotatable bonds is 2. The summed E-state index contributed by atoms with van der Waals surface area (Å²) in [6.45, 7) is 6.06. The van der Waals surface area contributed by atoms with Gasteiger partial charge in [0.15, 0.2) is 0 Å². The molecule has 0 radical (unpaired) electrons. The van der Waals surface area contributed by atoms with Crippen molar-refractivity contribution in [2.45, 2.75) is 19.9 Å². The monoisotopic (exact) mass is 321 g/mol. The minimum absolute atomic E-state index is 0.0376. The molecule has 1 aromatic rings. The van der Waals surface area contributed by atoms with Gasteiger partial charge in [-0.15, -0.1) is 11.3 Å². The minimum atomic E-state index is -0.386. The fourth-order valence-electron chi connectivity index (χ4n) is 2.73. The normalized spacial score (nSPS) is 22.4. The van der Waals surface area contributed by atoms with E-state index in [1.54, 1.807) is 23.2 Å². The van der Waals surface area contributed by atoms with Crippen LogP contribution in [-0.4, -0.2) is 43.1 Å². The summed E-state index contributed by atoms with van der Waals surface area (Å²) in [5, 5.41) is 7.61. The van der Waals surface area contributed by atoms with Crippen LogP contribution >= 0.6 is 11.3 Å². The van der Waals surface area contributed by atoms with Gasteiger partial charge < -0.3 is 20.3 Å². The standard InChI is InChI=1S/C15H19N3O3S/c1-9-7-11(22-8-9)13-12(10(2)16-15(20)17-13)14(19)18-3-5-21-6-4-18/h7-8,13H,3-6H2,1-2H3,(H2,16,17,20)/t13-/m0/s1. The Morgan fingerprint density at radius 3 is 2.73 bits per heavy atom. The zero-order valence-electron chi connectivity index (χ0n) is 12.6. The molecule has 0 aromatic carbocycles. The molecule has 0 spiro atoms. The van der Waals surface area contributed by atoms with Crippen LogP contribution in [0, 0.1) is 6.92 Å². The molecule has 7 heteroatoms. The lowest BCUT2D eigenvalue weighted by Crippen LogP contribution is -2.49. The average Bonchev–Trinajstić information content (AvgIpc) is 2.93. The van der Waals surface area contributed by atoms with Crippen molar-refractivity contribution in [2.24, 2.45) is 0 Å². The molecule has 1 saturated heterocycles. The number of allylic oxidation sites excluding steroid dienone is 1. The van der Waals surface area contributed by atoms with Crippen LogP contribution in [0.2, 0.25) is 0 Å². The maximum absolute atomic E-state index is 12.9. The second kappa shape index (κ2) is 6.10. The molecule has 0 unspecified atom stereocenters. The van der Waals surface area contributed by atoms with Gasteiger partial charge in [-0.05, 0) is 30.9 Å². The van der Waals surface area contributed by atoms with Crippen molar-refractivity contribution in [3.8, 4) is 0 Å². The van der Waals surface area contributed by atoms with Crippen LogP contribution in [0.3, 0.4) is 0 Å². The zero-order valence-corrected chi connectivity index (χ0v) is 13.5. The summed E-state index contributed by atoms with van der Waals surface area (Å²) in [7, 11) is 0. The van der Waals surface area contributed by atoms with E-state index in [0.717, 1.165) is 10.4 Å². The molecule has 3 heterocycles. The third kappa shape index (κ3) is 2.86. The van der Waals surface area contributed by atoms with Crippen LogP contribution < -0.4 is 10.6 Å². The van der Waals surface area contributed by atoms with Crippen molar-refractivity contribution in [1.29, 1.82) is 0 Å². The van der Waals surface area contributed by atoms with Crippen molar-refractivity contribution >= 4 is 23.3 Å². The number of hydrogen-bond donors (Lipinski definition) is 2. The van der Waals surface area contributed by atoms with E-state index in [4.69, 9.17) is 4.74 Å². The van der Waals surface area contributed by atoms with E-state index in [2.05, 4.69) is 10.6 Å². The number of nitrogens with zero attached hydrogens (tertiary/aromatic N) is 1. The molecule has 118 valence electrons. The Morgan fingerprint density at radius 2 is 2.09 bits per heavy atom. The molecule has 1 aromatic heterocycles. The topological polar surface area (TPSA) is 70.7 Å². The minimum Gasteiger partial charge on any atom is -0.378 e. The summed E-state index contributed by atoms with van der Waals surface area (Å²) < 4.78 is 5.30. The first-order valence-electron chi connectivity index (χ1n) is 7.26. The third-order valence-electron chi connectivity index (χ3n) is 3.83. The van der Waals surface area contributed by atoms with Gasteiger partial charge in [-0.25, -0.2) is 4.79 Å². The number of morpholine rings is 1. The fraction of sp³-hybridized carbons (Fsp3) is 0.467. The molecule has 22 heavy (non-hydrogen) atoms. The third-order valence-corrected chi connectivity index (χ3v) is 4.95. The molecule has 2 aliphatic rings. The molecule has 0 saturated carbocycles. The molecule has 2 N–H and O–H groups in total. The van der Waals surface area contributed by atoms with Crippen LogP contribution in [0.15, 0.2) is 22.7 Å². The van der Waals surface area contributed by atoms with E-state index in [1.165, 1.54) is 0 Å². The number of nitrogens with one attached hydrogen (secondary N) is 2. The highest BCUT2D eigenvalue weighted by Crippen LogP contribution is 2.32. The Morgan fingerprint density at radius 1 is 1.36 bits per heavy atom.